The van der Waals surface area contributed by atoms with Crippen LogP contribution in [0.5, 0.6) is 11.5 Å². The number of nitrogens with zero attached hydrogens (tertiary/aromatic N) is 1. The lowest BCUT2D eigenvalue weighted by Crippen LogP contribution is -2.31. The van der Waals surface area contributed by atoms with Crippen LogP contribution in [0.1, 0.15) is 5.01 Å². The van der Waals surface area contributed by atoms with Crippen molar-refractivity contribution in [2.75, 3.05) is 7.11 Å². The van der Waals surface area contributed by atoms with Gasteiger partial charge in [0.15, 0.2) is 18.1 Å². The summed E-state index contributed by atoms with van der Waals surface area (Å²) >= 11 is 1.71. The van der Waals surface area contributed by atoms with Crippen molar-refractivity contribution in [2.45, 2.75) is 6.61 Å². The number of phenolic OH excluding ortho intramolecular Hbond substituents is 1. The number of phenols is 1. The molecule has 0 amide bonds. The molecule has 9 heteroatoms. The normalized spacial score (nSPS) is 11.0. The first-order chi connectivity index (χ1) is 11.8. The third-order valence-corrected chi connectivity index (χ3v) is 4.85. The lowest BCUT2D eigenvalue weighted by Gasteiger charge is -2.04. The minimum Gasteiger partial charge on any atom is -0.726 e. The molecule has 0 atom stereocenters. The van der Waals surface area contributed by atoms with Crippen molar-refractivity contribution in [2.24, 2.45) is 7.05 Å². The van der Waals surface area contributed by atoms with Crippen LogP contribution in [0.15, 0.2) is 48.5 Å². The van der Waals surface area contributed by atoms with Crippen LogP contribution in [0.25, 0.3) is 10.2 Å². The Balaban J connectivity index is 0.000000326. The van der Waals surface area contributed by atoms with Crippen molar-refractivity contribution in [1.82, 2.24) is 0 Å². The zero-order valence-electron chi connectivity index (χ0n) is 13.6. The molecular formula is C16H17NO6S2. The quantitative estimate of drug-likeness (QED) is 0.421. The number of para-hydroxylation sites is 3. The van der Waals surface area contributed by atoms with Crippen molar-refractivity contribution in [3.8, 4) is 11.5 Å². The molecule has 3 aromatic rings. The molecule has 0 saturated carbocycles. The zero-order valence-corrected chi connectivity index (χ0v) is 15.2. The summed E-state index contributed by atoms with van der Waals surface area (Å²) in [5.41, 5.74) is 1.20. The largest absolute Gasteiger partial charge is 0.726 e. The summed E-state index contributed by atoms with van der Waals surface area (Å²) in [5.74, 6) is 0.686. The van der Waals surface area contributed by atoms with E-state index in [-0.39, 0.29) is 5.75 Å². The average Bonchev–Trinajstić information content (AvgIpc) is 2.91. The Hall–Kier alpha value is -2.20. The van der Waals surface area contributed by atoms with Crippen LogP contribution in [0.3, 0.4) is 0 Å². The molecule has 1 N–H and O–H groups in total. The molecule has 7 nitrogen and oxygen atoms in total. The summed E-state index contributed by atoms with van der Waals surface area (Å²) in [4.78, 5) is 0. The monoisotopic (exact) mass is 383 g/mol. The summed E-state index contributed by atoms with van der Waals surface area (Å²) in [7, 11) is -1.57. The zero-order chi connectivity index (χ0) is 18.4. The van der Waals surface area contributed by atoms with E-state index >= 15 is 0 Å². The summed E-state index contributed by atoms with van der Waals surface area (Å²) in [6.45, 7) is 0.452. The number of aryl methyl sites for hydroxylation is 1. The fourth-order valence-electron chi connectivity index (χ4n) is 2.00. The Morgan fingerprint density at radius 2 is 1.76 bits per heavy atom. The van der Waals surface area contributed by atoms with Crippen LogP contribution in [0.2, 0.25) is 0 Å². The SMILES string of the molecule is COS(=O)(=O)[O-].C[n+]1c(COc2ccccc2O)sc2ccccc21. The van der Waals surface area contributed by atoms with Crippen molar-refractivity contribution >= 4 is 32.0 Å². The van der Waals surface area contributed by atoms with Crippen molar-refractivity contribution < 1.29 is 31.6 Å². The van der Waals surface area contributed by atoms with Gasteiger partial charge in [-0.1, -0.05) is 35.6 Å². The maximum Gasteiger partial charge on any atom is 0.276 e. The Morgan fingerprint density at radius 1 is 1.16 bits per heavy atom. The molecule has 0 aliphatic heterocycles. The number of ether oxygens (including phenoxy) is 1. The maximum atomic E-state index is 9.67. The maximum absolute atomic E-state index is 9.67. The van der Waals surface area contributed by atoms with E-state index in [0.29, 0.717) is 12.4 Å². The third kappa shape index (κ3) is 5.40. The second-order valence-corrected chi connectivity index (χ2v) is 7.12. The lowest BCUT2D eigenvalue weighted by molar-refractivity contribution is -0.649. The Morgan fingerprint density at radius 3 is 2.36 bits per heavy atom. The highest BCUT2D eigenvalue weighted by molar-refractivity contribution is 7.80. The van der Waals surface area contributed by atoms with Crippen molar-refractivity contribution in [3.63, 3.8) is 0 Å². The molecule has 0 radical (unpaired) electrons. The molecule has 1 aromatic heterocycles. The van der Waals surface area contributed by atoms with Crippen molar-refractivity contribution in [3.05, 3.63) is 53.5 Å². The molecule has 3 rings (SSSR count). The van der Waals surface area contributed by atoms with Gasteiger partial charge in [-0.15, -0.1) is 0 Å². The number of fused-ring (bicyclic) bond motifs is 1. The fraction of sp³-hybridized carbons (Fsp3) is 0.188. The van der Waals surface area contributed by atoms with Crippen LogP contribution in [0.4, 0.5) is 0 Å². The van der Waals surface area contributed by atoms with Crippen LogP contribution < -0.4 is 9.30 Å². The topological polar surface area (TPSA) is 99.8 Å². The summed E-state index contributed by atoms with van der Waals surface area (Å²) in [5, 5.41) is 10.8. The Labute approximate surface area is 149 Å². The smallest absolute Gasteiger partial charge is 0.276 e. The minimum atomic E-state index is -4.41. The van der Waals surface area contributed by atoms with E-state index in [1.807, 2.05) is 25.2 Å². The van der Waals surface area contributed by atoms with Gasteiger partial charge in [-0.25, -0.2) is 8.42 Å². The molecule has 2 aromatic carbocycles. The molecule has 25 heavy (non-hydrogen) atoms. The first kappa shape index (κ1) is 19.1. The highest BCUT2D eigenvalue weighted by Crippen LogP contribution is 2.26. The molecule has 0 spiro atoms. The first-order valence-corrected chi connectivity index (χ1v) is 9.25. The molecule has 134 valence electrons. The van der Waals surface area contributed by atoms with E-state index in [2.05, 4.69) is 20.9 Å². The van der Waals surface area contributed by atoms with Gasteiger partial charge in [-0.05, 0) is 18.2 Å². The predicted molar refractivity (Wildman–Crippen MR) is 92.1 cm³/mol. The number of hydrogen-bond donors (Lipinski definition) is 1. The van der Waals surface area contributed by atoms with E-state index in [1.54, 1.807) is 29.5 Å². The predicted octanol–water partition coefficient (Wildman–Crippen LogP) is 2.10. The number of aromatic hydroxyl groups is 1. The highest BCUT2D eigenvalue weighted by Gasteiger charge is 2.17. The number of benzene rings is 2. The number of aromatic nitrogens is 1. The molecular weight excluding hydrogens is 366 g/mol. The highest BCUT2D eigenvalue weighted by atomic mass is 32.3. The molecule has 0 aliphatic carbocycles. The van der Waals surface area contributed by atoms with Gasteiger partial charge in [0.25, 0.3) is 5.01 Å². The van der Waals surface area contributed by atoms with E-state index in [1.165, 1.54) is 10.2 Å². The van der Waals surface area contributed by atoms with Gasteiger partial charge >= 0.3 is 0 Å². The number of thiazole rings is 1. The summed E-state index contributed by atoms with van der Waals surface area (Å²) < 4.78 is 40.1. The van der Waals surface area contributed by atoms with Crippen LogP contribution in [-0.2, 0) is 28.2 Å². The van der Waals surface area contributed by atoms with Gasteiger partial charge in [-0.3, -0.25) is 4.18 Å². The van der Waals surface area contributed by atoms with Gasteiger partial charge in [0.2, 0.25) is 15.9 Å². The Bertz CT molecular complexity index is 952. The number of hydrogen-bond acceptors (Lipinski definition) is 7. The van der Waals surface area contributed by atoms with Crippen molar-refractivity contribution in [1.29, 1.82) is 0 Å². The summed E-state index contributed by atoms with van der Waals surface area (Å²) in [6.07, 6.45) is 0. The fourth-order valence-corrected chi connectivity index (χ4v) is 3.06. The van der Waals surface area contributed by atoms with E-state index in [4.69, 9.17) is 4.74 Å². The van der Waals surface area contributed by atoms with Crippen LogP contribution in [0, 0.1) is 0 Å². The molecule has 0 fully saturated rings. The van der Waals surface area contributed by atoms with E-state index < -0.39 is 10.4 Å². The van der Waals surface area contributed by atoms with E-state index in [0.717, 1.165) is 12.1 Å². The number of rotatable bonds is 4. The molecule has 0 aliphatic rings. The second-order valence-electron chi connectivity index (χ2n) is 4.85. The Kier molecular flexibility index (Phi) is 6.32. The lowest BCUT2D eigenvalue weighted by atomic mass is 10.3. The van der Waals surface area contributed by atoms with E-state index in [9.17, 15) is 18.1 Å². The molecule has 0 unspecified atom stereocenters. The summed E-state index contributed by atoms with van der Waals surface area (Å²) in [6, 6.07) is 15.3. The molecule has 0 bridgehead atoms. The van der Waals surface area contributed by atoms with Gasteiger partial charge in [0, 0.05) is 6.07 Å². The minimum absolute atomic E-state index is 0.172. The van der Waals surface area contributed by atoms with Gasteiger partial charge < -0.3 is 14.4 Å². The van der Waals surface area contributed by atoms with Crippen LogP contribution in [-0.4, -0.2) is 25.2 Å². The standard InChI is InChI=1S/C15H13NO2S.CH4O4S/c1-16-11-6-2-5-9-14(11)19-15(16)10-18-13-8-4-3-7-12(13)17;1-5-6(2,3)4/h2-9H,10H2,1H3;1H3,(H,2,3,4). The first-order valence-electron chi connectivity index (χ1n) is 7.10. The second kappa shape index (κ2) is 8.26. The molecule has 0 saturated heterocycles. The van der Waals surface area contributed by atoms with Gasteiger partial charge in [-0.2, -0.15) is 4.57 Å². The van der Waals surface area contributed by atoms with Crippen LogP contribution >= 0.6 is 11.3 Å². The molecule has 1 heterocycles. The van der Waals surface area contributed by atoms with Gasteiger partial charge in [0.1, 0.15) is 11.7 Å². The average molecular weight is 383 g/mol. The van der Waals surface area contributed by atoms with Gasteiger partial charge in [0.05, 0.1) is 7.11 Å². The third-order valence-electron chi connectivity index (χ3n) is 3.25.